The van der Waals surface area contributed by atoms with Crippen LogP contribution in [0.25, 0.3) is 11.7 Å². The van der Waals surface area contributed by atoms with E-state index >= 15 is 0 Å². The van der Waals surface area contributed by atoms with Crippen molar-refractivity contribution in [1.82, 2.24) is 20.4 Å². The van der Waals surface area contributed by atoms with E-state index in [2.05, 4.69) is 29.4 Å². The van der Waals surface area contributed by atoms with E-state index in [1.54, 1.807) is 18.4 Å². The van der Waals surface area contributed by atoms with Crippen molar-refractivity contribution >= 4 is 5.91 Å². The molecule has 0 aliphatic heterocycles. The number of nitrogens with one attached hydrogen (secondary N) is 1. The van der Waals surface area contributed by atoms with E-state index in [9.17, 15) is 4.79 Å². The largest absolute Gasteiger partial charge is 0.459 e. The minimum atomic E-state index is 0.0722. The molecule has 1 amide bonds. The van der Waals surface area contributed by atoms with E-state index in [1.807, 2.05) is 4.90 Å². The second kappa shape index (κ2) is 8.98. The summed E-state index contributed by atoms with van der Waals surface area (Å²) < 4.78 is 10.9. The Labute approximate surface area is 154 Å². The molecule has 0 bridgehead atoms. The molecular formula is C19H28N4O3. The topological polar surface area (TPSA) is 84.4 Å². The molecule has 0 radical (unpaired) electrons. The van der Waals surface area contributed by atoms with Crippen LogP contribution >= 0.6 is 0 Å². The average molecular weight is 360 g/mol. The first-order valence-corrected chi connectivity index (χ1v) is 9.53. The summed E-state index contributed by atoms with van der Waals surface area (Å²) >= 11 is 0. The Balaban J connectivity index is 1.55. The standard InChI is InChI=1S/C19H28N4O3/c1-3-10-23(12-17(24)20-15-8-5-4-7-14(15)2)13-18-21-22-19(26-18)16-9-6-11-25-16/h6,9,11,14-15H,3-5,7-8,10,12-13H2,1-2H3,(H,20,24)/t14-,15+/m0/s1. The van der Waals surface area contributed by atoms with Gasteiger partial charge in [0.05, 0.1) is 19.4 Å². The molecule has 1 aliphatic rings. The van der Waals surface area contributed by atoms with E-state index in [0.29, 0.717) is 42.6 Å². The van der Waals surface area contributed by atoms with Gasteiger partial charge in [-0.25, -0.2) is 0 Å². The molecule has 3 rings (SSSR count). The Morgan fingerprint density at radius 1 is 1.35 bits per heavy atom. The third-order valence-electron chi connectivity index (χ3n) is 4.92. The molecule has 1 saturated carbocycles. The maximum absolute atomic E-state index is 12.5. The van der Waals surface area contributed by atoms with E-state index in [0.717, 1.165) is 19.4 Å². The Morgan fingerprint density at radius 3 is 2.92 bits per heavy atom. The molecule has 142 valence electrons. The first-order chi connectivity index (χ1) is 12.7. The lowest BCUT2D eigenvalue weighted by atomic mass is 9.86. The zero-order valence-electron chi connectivity index (χ0n) is 15.6. The lowest BCUT2D eigenvalue weighted by molar-refractivity contribution is -0.123. The van der Waals surface area contributed by atoms with Crippen LogP contribution in [0.5, 0.6) is 0 Å². The highest BCUT2D eigenvalue weighted by Gasteiger charge is 2.24. The van der Waals surface area contributed by atoms with Crippen molar-refractivity contribution in [3.63, 3.8) is 0 Å². The summed E-state index contributed by atoms with van der Waals surface area (Å²) in [5, 5.41) is 11.3. The monoisotopic (exact) mass is 360 g/mol. The third kappa shape index (κ3) is 4.94. The van der Waals surface area contributed by atoms with E-state index < -0.39 is 0 Å². The van der Waals surface area contributed by atoms with Gasteiger partial charge in [-0.05, 0) is 43.9 Å². The molecule has 0 unspecified atom stereocenters. The summed E-state index contributed by atoms with van der Waals surface area (Å²) in [5.41, 5.74) is 0. The average Bonchev–Trinajstić information content (AvgIpc) is 3.28. The molecule has 2 aromatic heterocycles. The maximum atomic E-state index is 12.5. The minimum Gasteiger partial charge on any atom is -0.459 e. The highest BCUT2D eigenvalue weighted by atomic mass is 16.4. The van der Waals surface area contributed by atoms with Gasteiger partial charge in [-0.1, -0.05) is 26.7 Å². The van der Waals surface area contributed by atoms with Gasteiger partial charge in [0, 0.05) is 6.04 Å². The number of nitrogens with zero attached hydrogens (tertiary/aromatic N) is 3. The van der Waals surface area contributed by atoms with Gasteiger partial charge >= 0.3 is 0 Å². The summed E-state index contributed by atoms with van der Waals surface area (Å²) in [6, 6.07) is 3.85. The Hall–Kier alpha value is -2.15. The lowest BCUT2D eigenvalue weighted by Crippen LogP contribution is -2.45. The number of carbonyl (C=O) groups is 1. The highest BCUT2D eigenvalue weighted by molar-refractivity contribution is 5.78. The fourth-order valence-electron chi connectivity index (χ4n) is 3.53. The smallest absolute Gasteiger partial charge is 0.283 e. The number of rotatable bonds is 8. The van der Waals surface area contributed by atoms with Gasteiger partial charge in [-0.15, -0.1) is 10.2 Å². The molecule has 0 aromatic carbocycles. The Morgan fingerprint density at radius 2 is 2.19 bits per heavy atom. The summed E-state index contributed by atoms with van der Waals surface area (Å²) in [5.74, 6) is 2.03. The van der Waals surface area contributed by atoms with Crippen LogP contribution in [0, 0.1) is 5.92 Å². The van der Waals surface area contributed by atoms with Crippen LogP contribution in [0.15, 0.2) is 27.2 Å². The minimum absolute atomic E-state index is 0.0722. The number of amides is 1. The first-order valence-electron chi connectivity index (χ1n) is 9.53. The highest BCUT2D eigenvalue weighted by Crippen LogP contribution is 2.23. The molecule has 7 heteroatoms. The molecular weight excluding hydrogens is 332 g/mol. The maximum Gasteiger partial charge on any atom is 0.283 e. The molecule has 26 heavy (non-hydrogen) atoms. The van der Waals surface area contributed by atoms with E-state index in [4.69, 9.17) is 8.83 Å². The SMILES string of the molecule is CCCN(CC(=O)N[C@@H]1CCCC[C@@H]1C)Cc1nnc(-c2ccco2)o1. The van der Waals surface area contributed by atoms with Gasteiger partial charge in [-0.3, -0.25) is 9.69 Å². The van der Waals surface area contributed by atoms with Crippen LogP contribution in [0.1, 0.15) is 51.8 Å². The van der Waals surface area contributed by atoms with Crippen molar-refractivity contribution in [1.29, 1.82) is 0 Å². The number of hydrogen-bond donors (Lipinski definition) is 1. The van der Waals surface area contributed by atoms with Gasteiger partial charge in [0.1, 0.15) is 0 Å². The van der Waals surface area contributed by atoms with Crippen LogP contribution in [0.3, 0.4) is 0 Å². The quantitative estimate of drug-likeness (QED) is 0.778. The molecule has 1 N–H and O–H groups in total. The third-order valence-corrected chi connectivity index (χ3v) is 4.92. The molecule has 2 atom stereocenters. The summed E-state index contributed by atoms with van der Waals surface area (Å²) in [4.78, 5) is 14.5. The van der Waals surface area contributed by atoms with Crippen molar-refractivity contribution in [2.45, 2.75) is 58.5 Å². The zero-order valence-corrected chi connectivity index (χ0v) is 15.6. The predicted octanol–water partition coefficient (Wildman–Crippen LogP) is 3.24. The fourth-order valence-corrected chi connectivity index (χ4v) is 3.53. The summed E-state index contributed by atoms with van der Waals surface area (Å²) in [6.07, 6.45) is 7.26. The predicted molar refractivity (Wildman–Crippen MR) is 97.1 cm³/mol. The van der Waals surface area contributed by atoms with Crippen molar-refractivity contribution in [2.24, 2.45) is 5.92 Å². The summed E-state index contributed by atoms with van der Waals surface area (Å²) in [7, 11) is 0. The Kier molecular flexibility index (Phi) is 6.44. The molecule has 0 saturated heterocycles. The fraction of sp³-hybridized carbons (Fsp3) is 0.632. The molecule has 1 aliphatic carbocycles. The Bertz CT molecular complexity index is 683. The van der Waals surface area contributed by atoms with Crippen LogP contribution in [0.2, 0.25) is 0 Å². The number of furan rings is 1. The molecule has 1 fully saturated rings. The second-order valence-corrected chi connectivity index (χ2v) is 7.12. The van der Waals surface area contributed by atoms with Gasteiger partial charge in [0.25, 0.3) is 5.89 Å². The molecule has 7 nitrogen and oxygen atoms in total. The van der Waals surface area contributed by atoms with Gasteiger partial charge in [0.15, 0.2) is 5.76 Å². The number of aromatic nitrogens is 2. The number of carbonyl (C=O) groups excluding carboxylic acids is 1. The van der Waals surface area contributed by atoms with Gasteiger partial charge in [0.2, 0.25) is 11.8 Å². The van der Waals surface area contributed by atoms with Crippen molar-refractivity contribution in [2.75, 3.05) is 13.1 Å². The first kappa shape index (κ1) is 18.6. The number of hydrogen-bond acceptors (Lipinski definition) is 6. The van der Waals surface area contributed by atoms with Crippen molar-refractivity contribution < 1.29 is 13.6 Å². The molecule has 0 spiro atoms. The van der Waals surface area contributed by atoms with E-state index in [1.165, 1.54) is 19.3 Å². The van der Waals surface area contributed by atoms with Crippen LogP contribution in [-0.4, -0.2) is 40.1 Å². The van der Waals surface area contributed by atoms with Gasteiger partial charge in [-0.2, -0.15) is 0 Å². The molecule has 2 aromatic rings. The summed E-state index contributed by atoms with van der Waals surface area (Å²) in [6.45, 7) is 5.91. The van der Waals surface area contributed by atoms with Crippen LogP contribution in [-0.2, 0) is 11.3 Å². The van der Waals surface area contributed by atoms with Crippen LogP contribution in [0.4, 0.5) is 0 Å². The van der Waals surface area contributed by atoms with E-state index in [-0.39, 0.29) is 5.91 Å². The zero-order chi connectivity index (χ0) is 18.4. The van der Waals surface area contributed by atoms with Crippen molar-refractivity contribution in [3.05, 3.63) is 24.3 Å². The van der Waals surface area contributed by atoms with Crippen LogP contribution < -0.4 is 5.32 Å². The lowest BCUT2D eigenvalue weighted by Gasteiger charge is -2.30. The second-order valence-electron chi connectivity index (χ2n) is 7.12. The molecule has 2 heterocycles. The normalized spacial score (nSPS) is 20.4. The van der Waals surface area contributed by atoms with Crippen molar-refractivity contribution in [3.8, 4) is 11.7 Å². The van der Waals surface area contributed by atoms with Gasteiger partial charge < -0.3 is 14.2 Å².